The van der Waals surface area contributed by atoms with Gasteiger partial charge in [-0.2, -0.15) is 5.10 Å². The van der Waals surface area contributed by atoms with Gasteiger partial charge in [0.05, 0.1) is 23.5 Å². The maximum absolute atomic E-state index is 14.0. The molecule has 1 aliphatic carbocycles. The second-order valence-electron chi connectivity index (χ2n) is 9.77. The Bertz CT molecular complexity index is 1380. The second-order valence-corrected chi connectivity index (χ2v) is 9.77. The number of benzene rings is 3. The van der Waals surface area contributed by atoms with Crippen molar-refractivity contribution in [1.82, 2.24) is 14.7 Å². The Morgan fingerprint density at radius 1 is 1.00 bits per heavy atom. The molecule has 0 saturated heterocycles. The van der Waals surface area contributed by atoms with Crippen LogP contribution in [-0.4, -0.2) is 27.1 Å². The Balaban J connectivity index is 1.60. The molecule has 1 saturated carbocycles. The molecule has 5 rings (SSSR count). The number of nitrogens with zero attached hydrogens (tertiary/aromatic N) is 3. The fourth-order valence-corrected chi connectivity index (χ4v) is 4.35. The molecule has 0 unspecified atom stereocenters. The van der Waals surface area contributed by atoms with Crippen molar-refractivity contribution in [3.8, 4) is 17.3 Å². The summed E-state index contributed by atoms with van der Waals surface area (Å²) in [7, 11) is 0. The summed E-state index contributed by atoms with van der Waals surface area (Å²) in [6.07, 6.45) is 2.14. The van der Waals surface area contributed by atoms with Crippen LogP contribution in [0.3, 0.4) is 0 Å². The smallest absolute Gasteiger partial charge is 0.254 e. The largest absolute Gasteiger partial charge is 0.438 e. The third kappa shape index (κ3) is 5.71. The molecule has 1 heterocycles. The molecule has 1 aliphatic rings. The quantitative estimate of drug-likeness (QED) is 0.245. The van der Waals surface area contributed by atoms with Gasteiger partial charge in [0.2, 0.25) is 5.88 Å². The lowest BCUT2D eigenvalue weighted by molar-refractivity contribution is 0.0733. The van der Waals surface area contributed by atoms with Gasteiger partial charge in [-0.05, 0) is 73.2 Å². The lowest BCUT2D eigenvalue weighted by atomic mass is 10.0. The van der Waals surface area contributed by atoms with E-state index < -0.39 is 5.82 Å². The van der Waals surface area contributed by atoms with Crippen molar-refractivity contribution in [2.45, 2.75) is 39.2 Å². The van der Waals surface area contributed by atoms with Crippen LogP contribution in [0.2, 0.25) is 0 Å². The van der Waals surface area contributed by atoms with E-state index in [4.69, 9.17) is 9.84 Å². The zero-order valence-electron chi connectivity index (χ0n) is 20.9. The van der Waals surface area contributed by atoms with Crippen molar-refractivity contribution in [2.75, 3.05) is 6.54 Å². The summed E-state index contributed by atoms with van der Waals surface area (Å²) in [6, 6.07) is 21.2. The Morgan fingerprint density at radius 3 is 2.38 bits per heavy atom. The summed E-state index contributed by atoms with van der Waals surface area (Å²) in [5.41, 5.74) is 2.78. The van der Waals surface area contributed by atoms with Gasteiger partial charge in [0.15, 0.2) is 0 Å². The summed E-state index contributed by atoms with van der Waals surface area (Å²) in [4.78, 5) is 15.4. The van der Waals surface area contributed by atoms with Crippen molar-refractivity contribution in [3.63, 3.8) is 0 Å². The number of para-hydroxylation sites is 1. The maximum Gasteiger partial charge on any atom is 0.254 e. The Kier molecular flexibility index (Phi) is 7.04. The highest BCUT2D eigenvalue weighted by Crippen LogP contribution is 2.37. The van der Waals surface area contributed by atoms with E-state index in [-0.39, 0.29) is 24.2 Å². The number of carbonyl (C=O) groups is 1. The number of halogens is 2. The number of hydrogen-bond acceptors (Lipinski definition) is 3. The molecule has 0 radical (unpaired) electrons. The first kappa shape index (κ1) is 24.7. The summed E-state index contributed by atoms with van der Waals surface area (Å²) >= 11 is 0. The predicted molar refractivity (Wildman–Crippen MR) is 138 cm³/mol. The molecule has 1 amide bonds. The number of carbonyl (C=O) groups excluding carboxylic acids is 1. The topological polar surface area (TPSA) is 47.4 Å². The molecule has 0 N–H and O–H groups in total. The van der Waals surface area contributed by atoms with E-state index in [0.29, 0.717) is 29.7 Å². The summed E-state index contributed by atoms with van der Waals surface area (Å²) in [5.74, 6) is 0.284. The van der Waals surface area contributed by atoms with Crippen LogP contribution in [0.15, 0.2) is 78.9 Å². The van der Waals surface area contributed by atoms with Crippen LogP contribution in [0, 0.1) is 17.6 Å². The molecule has 1 fully saturated rings. The van der Waals surface area contributed by atoms with Crippen LogP contribution in [0.5, 0.6) is 11.6 Å². The monoisotopic (exact) mass is 501 g/mol. The highest BCUT2D eigenvalue weighted by Gasteiger charge is 2.31. The zero-order chi connectivity index (χ0) is 25.9. The third-order valence-electron chi connectivity index (χ3n) is 6.43. The molecule has 0 bridgehead atoms. The average molecular weight is 502 g/mol. The van der Waals surface area contributed by atoms with Crippen LogP contribution >= 0.6 is 0 Å². The first-order valence-electron chi connectivity index (χ1n) is 12.5. The van der Waals surface area contributed by atoms with Gasteiger partial charge < -0.3 is 9.64 Å². The van der Waals surface area contributed by atoms with Gasteiger partial charge in [-0.25, -0.2) is 13.5 Å². The van der Waals surface area contributed by atoms with Gasteiger partial charge in [0.1, 0.15) is 17.4 Å². The van der Waals surface area contributed by atoms with E-state index in [2.05, 4.69) is 0 Å². The first-order valence-corrected chi connectivity index (χ1v) is 12.5. The van der Waals surface area contributed by atoms with Crippen molar-refractivity contribution in [2.24, 2.45) is 5.92 Å². The highest BCUT2D eigenvalue weighted by molar-refractivity contribution is 5.94. The summed E-state index contributed by atoms with van der Waals surface area (Å²) < 4.78 is 35.6. The molecular weight excluding hydrogens is 472 g/mol. The van der Waals surface area contributed by atoms with Crippen molar-refractivity contribution >= 4 is 5.91 Å². The molecule has 4 aromatic rings. The molecular formula is C30H29F2N3O2. The van der Waals surface area contributed by atoms with Crippen LogP contribution in [0.25, 0.3) is 5.69 Å². The van der Waals surface area contributed by atoms with Gasteiger partial charge in [-0.3, -0.25) is 4.79 Å². The second kappa shape index (κ2) is 10.5. The minimum atomic E-state index is -0.407. The minimum absolute atomic E-state index is 0.0403. The number of amides is 1. The van der Waals surface area contributed by atoms with Gasteiger partial charge >= 0.3 is 0 Å². The van der Waals surface area contributed by atoms with Crippen LogP contribution in [0.1, 0.15) is 54.2 Å². The third-order valence-corrected chi connectivity index (χ3v) is 6.43. The van der Waals surface area contributed by atoms with E-state index in [1.54, 1.807) is 21.7 Å². The van der Waals surface area contributed by atoms with E-state index >= 15 is 0 Å². The molecule has 1 aromatic heterocycles. The number of ether oxygens (including phenoxy) is 1. The molecule has 37 heavy (non-hydrogen) atoms. The highest BCUT2D eigenvalue weighted by atomic mass is 19.1. The molecule has 0 atom stereocenters. The normalized spacial score (nSPS) is 13.1. The molecule has 0 spiro atoms. The maximum atomic E-state index is 14.0. The van der Waals surface area contributed by atoms with Gasteiger partial charge in [0, 0.05) is 18.2 Å². The zero-order valence-corrected chi connectivity index (χ0v) is 20.9. The van der Waals surface area contributed by atoms with E-state index in [1.165, 1.54) is 36.4 Å². The lowest BCUT2D eigenvalue weighted by Gasteiger charge is -2.24. The Hall–Kier alpha value is -4.00. The Labute approximate surface area is 215 Å². The van der Waals surface area contributed by atoms with E-state index in [9.17, 15) is 13.6 Å². The lowest BCUT2D eigenvalue weighted by Crippen LogP contribution is -2.33. The standard InChI is InChI=1S/C30H29F2N3O2/c1-20(2)28-27(19-34(18-21-11-12-21)29(36)22-13-15-23(31)16-14-22)30(37-26-10-6-7-24(32)17-26)35(33-28)25-8-4-3-5-9-25/h3-10,13-17,20-21H,11-12,18-19H2,1-2H3. The first-order chi connectivity index (χ1) is 17.9. The van der Waals surface area contributed by atoms with Gasteiger partial charge in [-0.15, -0.1) is 0 Å². The minimum Gasteiger partial charge on any atom is -0.438 e. The van der Waals surface area contributed by atoms with E-state index in [0.717, 1.165) is 29.8 Å². The van der Waals surface area contributed by atoms with Crippen LogP contribution in [0.4, 0.5) is 8.78 Å². The van der Waals surface area contributed by atoms with Crippen LogP contribution in [-0.2, 0) is 6.54 Å². The van der Waals surface area contributed by atoms with Crippen LogP contribution < -0.4 is 4.74 Å². The fraction of sp³-hybridized carbons (Fsp3) is 0.267. The van der Waals surface area contributed by atoms with E-state index in [1.807, 2.05) is 44.2 Å². The van der Waals surface area contributed by atoms with Gasteiger partial charge in [-0.1, -0.05) is 38.1 Å². The Morgan fingerprint density at radius 2 is 1.73 bits per heavy atom. The van der Waals surface area contributed by atoms with Crippen molar-refractivity contribution in [3.05, 3.63) is 107 Å². The SMILES string of the molecule is CC(C)c1nn(-c2ccccc2)c(Oc2cccc(F)c2)c1CN(CC1CC1)C(=O)c1ccc(F)cc1. The summed E-state index contributed by atoms with van der Waals surface area (Å²) in [5, 5.41) is 4.90. The van der Waals surface area contributed by atoms with Gasteiger partial charge in [0.25, 0.3) is 5.91 Å². The number of rotatable bonds is 9. The molecule has 7 heteroatoms. The summed E-state index contributed by atoms with van der Waals surface area (Å²) in [6.45, 7) is 4.93. The number of aromatic nitrogens is 2. The molecule has 0 aliphatic heterocycles. The average Bonchev–Trinajstić information content (AvgIpc) is 3.64. The number of hydrogen-bond donors (Lipinski definition) is 0. The molecule has 5 nitrogen and oxygen atoms in total. The van der Waals surface area contributed by atoms with Crippen molar-refractivity contribution in [1.29, 1.82) is 0 Å². The molecule has 3 aromatic carbocycles. The fourth-order valence-electron chi connectivity index (χ4n) is 4.35. The molecule has 190 valence electrons. The predicted octanol–water partition coefficient (Wildman–Crippen LogP) is 7.12. The van der Waals surface area contributed by atoms with Crippen molar-refractivity contribution < 1.29 is 18.3 Å².